The topological polar surface area (TPSA) is 283 Å². The molecule has 160 valence electrons. The Kier molecular flexibility index (Phi) is 75.9. The molecule has 3 unspecified atom stereocenters. The van der Waals surface area contributed by atoms with E-state index < -0.39 is 31.4 Å². The van der Waals surface area contributed by atoms with Gasteiger partial charge in [0.05, 0.1) is 0 Å². The molecule has 0 fully saturated rings. The van der Waals surface area contributed by atoms with E-state index in [2.05, 4.69) is 13.7 Å². The summed E-state index contributed by atoms with van der Waals surface area (Å²) >= 11 is 0.0312. The zero-order valence-electron chi connectivity index (χ0n) is 9.85. The van der Waals surface area contributed by atoms with Crippen molar-refractivity contribution in [3.8, 4) is 0 Å². The van der Waals surface area contributed by atoms with E-state index in [9.17, 15) is 4.21 Å². The first-order valence-electron chi connectivity index (χ1n) is 3.13. The Labute approximate surface area is 205 Å². The number of hydrogen-bond donors (Lipinski definition) is 5. The Morgan fingerprint density at radius 1 is 0.885 bits per heavy atom. The molecule has 5 N–H and O–H groups in total. The molecule has 0 spiro atoms. The molecular weight excluding hydrogens is 510 g/mol. The second-order valence-electron chi connectivity index (χ2n) is 1.71. The summed E-state index contributed by atoms with van der Waals surface area (Å²) in [5.41, 5.74) is 0. The molecule has 0 radical (unpaired) electrons. The van der Waals surface area contributed by atoms with Gasteiger partial charge in [0.2, 0.25) is 0 Å². The third-order valence-corrected chi connectivity index (χ3v) is 1.23. The Morgan fingerprint density at radius 2 is 1.00 bits per heavy atom. The molecule has 0 aliphatic carbocycles. The van der Waals surface area contributed by atoms with Gasteiger partial charge < -0.3 is 15.0 Å². The Balaban J connectivity index is -0.0000000167. The smallest absolute Gasteiger partial charge is 0 e. The maximum absolute atomic E-state index is 9.69. The third-order valence-electron chi connectivity index (χ3n) is 0.244. The van der Waals surface area contributed by atoms with Crippen molar-refractivity contribution in [3.05, 3.63) is 0 Å². The molecule has 0 saturated carbocycles. The van der Waals surface area contributed by atoms with Crippen LogP contribution in [0.1, 0.15) is 31.1 Å². The summed E-state index contributed by atoms with van der Waals surface area (Å²) in [5.74, 6) is 0. The molecule has 0 aromatic heterocycles. The van der Waals surface area contributed by atoms with E-state index >= 15 is 0 Å². The maximum Gasteiger partial charge on any atom is 2.00 e. The van der Waals surface area contributed by atoms with Gasteiger partial charge in [-0.1, -0.05) is 29.7 Å². The van der Waals surface area contributed by atoms with Crippen molar-refractivity contribution >= 4 is 102 Å². The predicted molar refractivity (Wildman–Crippen MR) is 89.2 cm³/mol. The monoisotopic (exact) mass is 533 g/mol. The van der Waals surface area contributed by atoms with Crippen molar-refractivity contribution in [1.29, 1.82) is 0 Å². The molecule has 22 heteroatoms. The molecule has 3 atom stereocenters. The third kappa shape index (κ3) is 193. The van der Waals surface area contributed by atoms with Gasteiger partial charge in [0.15, 0.2) is 0 Å². The van der Waals surface area contributed by atoms with E-state index in [0.717, 1.165) is 0 Å². The Bertz CT molecular complexity index is 463. The second-order valence-corrected chi connectivity index (χ2v) is 8.54. The first-order chi connectivity index (χ1) is 9.10. The van der Waals surface area contributed by atoms with E-state index in [0.29, 0.717) is 0 Å². The van der Waals surface area contributed by atoms with Crippen molar-refractivity contribution in [1.82, 2.24) is 0 Å². The average molecular weight is 533 g/mol. The number of rotatable bonds is 3. The summed E-state index contributed by atoms with van der Waals surface area (Å²) < 4.78 is 72.0. The summed E-state index contributed by atoms with van der Waals surface area (Å²) in [5, 5.41) is 23.0. The van der Waals surface area contributed by atoms with Gasteiger partial charge >= 0.3 is 121 Å². The molecule has 0 aromatic rings. The first-order valence-corrected chi connectivity index (χ1v) is 11.0. The first kappa shape index (κ1) is 56.6. The van der Waals surface area contributed by atoms with Crippen molar-refractivity contribution < 1.29 is 76.1 Å². The van der Waals surface area contributed by atoms with Gasteiger partial charge in [-0.3, -0.25) is 9.11 Å². The van der Waals surface area contributed by atoms with Gasteiger partial charge in [0.25, 0.3) is 0 Å². The van der Waals surface area contributed by atoms with Crippen LogP contribution in [0.3, 0.4) is 0 Å². The molecule has 0 amide bonds. The fraction of sp³-hybridized carbons (Fsp3) is 1.00. The van der Waals surface area contributed by atoms with Crippen LogP contribution in [0.25, 0.3) is 0 Å². The minimum absolute atomic E-state index is 0. The molecule has 16 nitrogen and oxygen atoms in total. The van der Waals surface area contributed by atoms with Crippen LogP contribution in [0.4, 0.5) is 0 Å². The second kappa shape index (κ2) is 34.9. The Morgan fingerprint density at radius 3 is 1.00 bits per heavy atom. The van der Waals surface area contributed by atoms with Crippen LogP contribution in [-0.2, 0) is 37.7 Å². The van der Waals surface area contributed by atoms with Gasteiger partial charge in [0.1, 0.15) is 0 Å². The molecule has 0 bridgehead atoms. The summed E-state index contributed by atoms with van der Waals surface area (Å²) in [6, 6.07) is 0. The normalized spacial score (nSPS) is 11.2. The van der Waals surface area contributed by atoms with Gasteiger partial charge in [0, 0.05) is 6.10 Å². The fourth-order valence-electron chi connectivity index (χ4n) is 0. The largest absolute Gasteiger partial charge is 2.00 e. The molecule has 0 rings (SSSR count). The molecular formula is C4H23Ca2O16P2S2+. The van der Waals surface area contributed by atoms with Crippen LogP contribution in [0.5, 0.6) is 0 Å². The fourth-order valence-corrected chi connectivity index (χ4v) is 0. The molecule has 0 aliphatic heterocycles. The van der Waals surface area contributed by atoms with Crippen molar-refractivity contribution in [2.24, 2.45) is 0 Å². The van der Waals surface area contributed by atoms with Crippen LogP contribution in [0, 0.1) is 0 Å². The summed E-state index contributed by atoms with van der Waals surface area (Å²) in [7, 11) is -10.9. The van der Waals surface area contributed by atoms with E-state index in [1.807, 2.05) is 0 Å². The van der Waals surface area contributed by atoms with Gasteiger partial charge in [-0.2, -0.15) is 8.42 Å². The molecule has 0 heterocycles. The standard InChI is InChI=1S/4CH4.2Ca.2HO4P.2H2O4S.H2/c;;;;;;2*1-4-5(2)3;1-5(2,3)4;1-4-5(2)3;/h4*1H4;;;2*1H;(H2,1,2,3,4);1H,(H,2,3);1H/q;;;;;+2;;;;;/p-1. The predicted octanol–water partition coefficient (Wildman–Crippen LogP) is -1.22. The van der Waals surface area contributed by atoms with Crippen LogP contribution < -0.4 is 15.0 Å². The van der Waals surface area contributed by atoms with Crippen molar-refractivity contribution in [2.75, 3.05) is 0 Å². The quantitative estimate of drug-likeness (QED) is 0.0933. The molecule has 0 aliphatic rings. The van der Waals surface area contributed by atoms with Gasteiger partial charge in [-0.15, -0.1) is 0 Å². The van der Waals surface area contributed by atoms with Crippen molar-refractivity contribution in [2.45, 2.75) is 29.7 Å². The van der Waals surface area contributed by atoms with E-state index in [-0.39, 0.29) is 102 Å². The Hall–Kier alpha value is 2.38. The van der Waals surface area contributed by atoms with E-state index in [1.165, 1.54) is 0 Å². The zero-order chi connectivity index (χ0) is 18.3. The van der Waals surface area contributed by atoms with Crippen molar-refractivity contribution in [3.63, 3.8) is 0 Å². The summed E-state index contributed by atoms with van der Waals surface area (Å²) in [6.45, 7) is 0. The summed E-state index contributed by atoms with van der Waals surface area (Å²) in [4.78, 5) is 17.8. The molecule has 0 aromatic carbocycles. The summed E-state index contributed by atoms with van der Waals surface area (Å²) in [6.07, 6.45) is 0. The molecule has 26 heavy (non-hydrogen) atoms. The van der Waals surface area contributed by atoms with Gasteiger partial charge in [-0.25, -0.2) is 9.93 Å². The maximum atomic E-state index is 9.69. The minimum Gasteiger partial charge on any atom is 0 e. The van der Waals surface area contributed by atoms with Gasteiger partial charge in [-0.05, 0) is 9.13 Å². The molecule has 0 saturated heterocycles. The average Bonchev–Trinajstić information content (AvgIpc) is 2.27. The van der Waals surface area contributed by atoms with E-state index in [4.69, 9.17) is 56.8 Å². The number of hydrogen-bond acceptors (Lipinski definition) is 13. The minimum atomic E-state index is -4.67. The van der Waals surface area contributed by atoms with E-state index in [1.54, 1.807) is 0 Å². The van der Waals surface area contributed by atoms with Crippen LogP contribution in [0.2, 0.25) is 0 Å². The van der Waals surface area contributed by atoms with Crippen LogP contribution >= 0.6 is 16.5 Å². The SMILES string of the molecule is C.C.C.C.O=S(=O)(O)O.O=[P+]([O-])OO.O=[P+]([O-])O[O-].O=[S](O)(=[Ca])OO.[Ca+2].[HH]. The zero-order valence-corrected chi connectivity index (χ0v) is 17.7. The van der Waals surface area contributed by atoms with Crippen LogP contribution in [0.15, 0.2) is 0 Å². The van der Waals surface area contributed by atoms with Crippen LogP contribution in [-0.4, -0.2) is 108 Å².